The Morgan fingerprint density at radius 2 is 1.86 bits per heavy atom. The lowest BCUT2D eigenvalue weighted by atomic mass is 10.2. The van der Waals surface area contributed by atoms with E-state index in [9.17, 15) is 0 Å². The van der Waals surface area contributed by atoms with Crippen molar-refractivity contribution in [2.24, 2.45) is 4.99 Å². The summed E-state index contributed by atoms with van der Waals surface area (Å²) in [6, 6.07) is 9.98. The molecule has 0 fully saturated rings. The molecule has 0 aliphatic rings. The quantitative estimate of drug-likeness (QED) is 0.566. The maximum absolute atomic E-state index is 4.94. The van der Waals surface area contributed by atoms with Gasteiger partial charge in [0, 0.05) is 0 Å². The van der Waals surface area contributed by atoms with Gasteiger partial charge in [0.05, 0.1) is 25.9 Å². The van der Waals surface area contributed by atoms with Gasteiger partial charge in [-0.1, -0.05) is 30.3 Å². The van der Waals surface area contributed by atoms with E-state index in [2.05, 4.69) is 10.2 Å². The minimum absolute atomic E-state index is 0.608. The maximum atomic E-state index is 4.94. The number of hydrogen-bond acceptors (Lipinski definition) is 3. The molecule has 0 N–H and O–H groups in total. The highest BCUT2D eigenvalue weighted by atomic mass is 32.2. The first kappa shape index (κ1) is 11.1. The van der Waals surface area contributed by atoms with Crippen molar-refractivity contribution < 1.29 is 8.37 Å². The molecule has 3 nitrogen and oxygen atoms in total. The first-order valence-corrected chi connectivity index (χ1v) is 5.23. The van der Waals surface area contributed by atoms with E-state index in [1.54, 1.807) is 14.2 Å². The number of nitrogens with zero attached hydrogens (tertiary/aromatic N) is 1. The topological polar surface area (TPSA) is 30.8 Å². The van der Waals surface area contributed by atoms with Crippen molar-refractivity contribution in [2.75, 3.05) is 14.2 Å². The molecule has 0 radical (unpaired) electrons. The second kappa shape index (κ2) is 6.51. The second-order valence-corrected chi connectivity index (χ2v) is 3.78. The molecule has 76 valence electrons. The van der Waals surface area contributed by atoms with Crippen LogP contribution in [0.25, 0.3) is 0 Å². The molecule has 1 aromatic rings. The van der Waals surface area contributed by atoms with E-state index >= 15 is 0 Å². The molecule has 0 bridgehead atoms. The Balaban J connectivity index is 2.60. The Hall–Kier alpha value is -0.930. The van der Waals surface area contributed by atoms with Gasteiger partial charge in [0.2, 0.25) is 0 Å². The van der Waals surface area contributed by atoms with Crippen LogP contribution in [-0.2, 0) is 14.9 Å². The smallest absolute Gasteiger partial charge is 0.143 e. The molecule has 0 amide bonds. The van der Waals surface area contributed by atoms with Gasteiger partial charge in [-0.2, -0.15) is 0 Å². The van der Waals surface area contributed by atoms with E-state index in [1.807, 2.05) is 30.3 Å². The maximum Gasteiger partial charge on any atom is 0.143 e. The summed E-state index contributed by atoms with van der Waals surface area (Å²) in [6.45, 7) is 0.608. The highest BCUT2D eigenvalue weighted by Gasteiger charge is 1.87. The molecular weight excluding hydrogens is 198 g/mol. The SMILES string of the molecule is COS(=C=NCc1ccccc1)OC. The molecule has 0 aliphatic heterocycles. The normalized spacial score (nSPS) is 9.93. The van der Waals surface area contributed by atoms with E-state index in [-0.39, 0.29) is 0 Å². The molecule has 0 saturated carbocycles. The lowest BCUT2D eigenvalue weighted by Crippen LogP contribution is -1.80. The molecule has 0 atom stereocenters. The van der Waals surface area contributed by atoms with Crippen LogP contribution in [0.1, 0.15) is 5.56 Å². The van der Waals surface area contributed by atoms with Crippen LogP contribution in [0.2, 0.25) is 0 Å². The summed E-state index contributed by atoms with van der Waals surface area (Å²) in [5, 5.41) is 2.78. The van der Waals surface area contributed by atoms with Crippen molar-refractivity contribution in [3.8, 4) is 0 Å². The number of aliphatic imine (C=N–C) groups is 1. The molecule has 0 heterocycles. The fourth-order valence-electron chi connectivity index (χ4n) is 0.902. The van der Waals surface area contributed by atoms with Gasteiger partial charge >= 0.3 is 0 Å². The molecular formula is C10H13NO2S. The van der Waals surface area contributed by atoms with Crippen LogP contribution in [0.5, 0.6) is 0 Å². The predicted molar refractivity (Wildman–Crippen MR) is 59.2 cm³/mol. The Morgan fingerprint density at radius 3 is 2.43 bits per heavy atom. The van der Waals surface area contributed by atoms with Crippen molar-refractivity contribution in [2.45, 2.75) is 6.54 Å². The zero-order valence-electron chi connectivity index (χ0n) is 8.27. The second-order valence-electron chi connectivity index (χ2n) is 2.46. The summed E-state index contributed by atoms with van der Waals surface area (Å²) in [5.74, 6) is 0. The summed E-state index contributed by atoms with van der Waals surface area (Å²) in [5.41, 5.74) is 1.15. The zero-order chi connectivity index (χ0) is 10.2. The number of hydrogen-bond donors (Lipinski definition) is 0. The fraction of sp³-hybridized carbons (Fsp3) is 0.300. The minimum Gasteiger partial charge on any atom is -0.295 e. The van der Waals surface area contributed by atoms with Crippen LogP contribution in [0.3, 0.4) is 0 Å². The molecule has 0 unspecified atom stereocenters. The van der Waals surface area contributed by atoms with Gasteiger partial charge < -0.3 is 0 Å². The summed E-state index contributed by atoms with van der Waals surface area (Å²) >= 11 is -0.729. The zero-order valence-corrected chi connectivity index (χ0v) is 9.08. The lowest BCUT2D eigenvalue weighted by molar-refractivity contribution is 0.382. The van der Waals surface area contributed by atoms with E-state index in [0.29, 0.717) is 6.54 Å². The predicted octanol–water partition coefficient (Wildman–Crippen LogP) is 2.48. The van der Waals surface area contributed by atoms with Crippen molar-refractivity contribution in [3.63, 3.8) is 0 Å². The van der Waals surface area contributed by atoms with E-state index in [1.165, 1.54) is 0 Å². The van der Waals surface area contributed by atoms with E-state index < -0.39 is 11.0 Å². The van der Waals surface area contributed by atoms with Crippen LogP contribution in [0, 0.1) is 0 Å². The highest BCUT2D eigenvalue weighted by molar-refractivity contribution is 8.06. The third-order valence-electron chi connectivity index (χ3n) is 1.55. The monoisotopic (exact) mass is 211 g/mol. The first-order valence-electron chi connectivity index (χ1n) is 4.16. The molecule has 0 aliphatic carbocycles. The molecule has 1 rings (SSSR count). The van der Waals surface area contributed by atoms with E-state index in [0.717, 1.165) is 5.56 Å². The summed E-state index contributed by atoms with van der Waals surface area (Å²) < 4.78 is 9.88. The largest absolute Gasteiger partial charge is 0.295 e. The molecule has 0 aromatic heterocycles. The standard InChI is InChI=1S/C10H13NO2S/c1-12-14(13-2)9-11-8-10-6-4-3-5-7-10/h3-7H,8H2,1-2H3. The van der Waals surface area contributed by atoms with Gasteiger partial charge in [0.1, 0.15) is 11.0 Å². The van der Waals surface area contributed by atoms with Gasteiger partial charge in [-0.3, -0.25) is 8.37 Å². The highest BCUT2D eigenvalue weighted by Crippen LogP contribution is 2.09. The third-order valence-corrected chi connectivity index (χ3v) is 2.43. The lowest BCUT2D eigenvalue weighted by Gasteiger charge is -1.96. The summed E-state index contributed by atoms with van der Waals surface area (Å²) in [6.07, 6.45) is 0. The average molecular weight is 211 g/mol. The van der Waals surface area contributed by atoms with Gasteiger partial charge in [0.15, 0.2) is 0 Å². The van der Waals surface area contributed by atoms with Crippen molar-refractivity contribution in [1.82, 2.24) is 0 Å². The van der Waals surface area contributed by atoms with Crippen LogP contribution >= 0.6 is 11.0 Å². The van der Waals surface area contributed by atoms with Crippen LogP contribution < -0.4 is 0 Å². The van der Waals surface area contributed by atoms with Gasteiger partial charge in [-0.05, 0) is 5.56 Å². The van der Waals surface area contributed by atoms with Gasteiger partial charge in [-0.25, -0.2) is 4.99 Å². The number of benzene rings is 1. The molecule has 1 aromatic carbocycles. The van der Waals surface area contributed by atoms with Crippen LogP contribution in [0.4, 0.5) is 0 Å². The van der Waals surface area contributed by atoms with Crippen molar-refractivity contribution in [3.05, 3.63) is 35.9 Å². The summed E-state index contributed by atoms with van der Waals surface area (Å²) in [7, 11) is 3.13. The van der Waals surface area contributed by atoms with Crippen LogP contribution in [0.15, 0.2) is 35.3 Å². The first-order chi connectivity index (χ1) is 6.86. The Labute approximate surface area is 86.7 Å². The van der Waals surface area contributed by atoms with Crippen molar-refractivity contribution >= 4 is 16.2 Å². The average Bonchev–Trinajstić information content (AvgIpc) is 2.26. The molecule has 14 heavy (non-hydrogen) atoms. The van der Waals surface area contributed by atoms with Gasteiger partial charge in [0.25, 0.3) is 0 Å². The summed E-state index contributed by atoms with van der Waals surface area (Å²) in [4.78, 5) is 4.10. The number of isothiocyanates is 1. The Morgan fingerprint density at radius 1 is 1.21 bits per heavy atom. The third kappa shape index (κ3) is 3.85. The molecule has 4 heteroatoms. The Bertz CT molecular complexity index is 325. The van der Waals surface area contributed by atoms with E-state index in [4.69, 9.17) is 8.37 Å². The molecule has 0 spiro atoms. The van der Waals surface area contributed by atoms with Crippen molar-refractivity contribution in [1.29, 1.82) is 0 Å². The van der Waals surface area contributed by atoms with Gasteiger partial charge in [-0.15, -0.1) is 0 Å². The molecule has 0 saturated heterocycles. The Kier molecular flexibility index (Phi) is 5.19. The fourth-order valence-corrected chi connectivity index (χ4v) is 1.36. The minimum atomic E-state index is -0.729. The number of rotatable bonds is 4. The van der Waals surface area contributed by atoms with Crippen LogP contribution in [-0.4, -0.2) is 19.4 Å².